The van der Waals surface area contributed by atoms with Crippen molar-refractivity contribution < 1.29 is 0 Å². The summed E-state index contributed by atoms with van der Waals surface area (Å²) in [4.78, 5) is 14.0. The molecule has 3 N–H and O–H groups in total. The highest BCUT2D eigenvalue weighted by Crippen LogP contribution is 2.32. The fourth-order valence-corrected chi connectivity index (χ4v) is 3.73. The Morgan fingerprint density at radius 2 is 1.83 bits per heavy atom. The third-order valence-electron chi connectivity index (χ3n) is 5.24. The summed E-state index contributed by atoms with van der Waals surface area (Å²) in [6.07, 6.45) is 4.46. The number of benzene rings is 2. The third-order valence-corrected chi connectivity index (χ3v) is 5.24. The molecule has 4 rings (SSSR count). The number of rotatable bonds is 5. The quantitative estimate of drug-likeness (QED) is 0.635. The zero-order chi connectivity index (χ0) is 20.2. The highest BCUT2D eigenvalue weighted by atomic mass is 15.1. The van der Waals surface area contributed by atoms with Gasteiger partial charge in [0.1, 0.15) is 0 Å². The number of hydrogen-bond acceptors (Lipinski definition) is 5. The van der Waals surface area contributed by atoms with Crippen LogP contribution in [0.2, 0.25) is 0 Å². The largest absolute Gasteiger partial charge is 0.401 e. The van der Waals surface area contributed by atoms with Gasteiger partial charge < -0.3 is 11.1 Å². The van der Waals surface area contributed by atoms with Crippen LogP contribution in [0.5, 0.6) is 0 Å². The molecule has 1 aliphatic carbocycles. The molecule has 1 heterocycles. The van der Waals surface area contributed by atoms with Crippen molar-refractivity contribution in [2.45, 2.75) is 26.2 Å². The average molecular weight is 383 g/mol. The van der Waals surface area contributed by atoms with Gasteiger partial charge in [0.05, 0.1) is 11.4 Å². The number of para-hydroxylation sites is 1. The summed E-state index contributed by atoms with van der Waals surface area (Å²) >= 11 is 0. The highest BCUT2D eigenvalue weighted by Gasteiger charge is 2.24. The van der Waals surface area contributed by atoms with Crippen LogP contribution in [-0.2, 0) is 12.8 Å². The number of nitrogens with one attached hydrogen (secondary N) is 1. The zero-order valence-corrected chi connectivity index (χ0v) is 16.8. The maximum atomic E-state index is 6.47. The highest BCUT2D eigenvalue weighted by molar-refractivity contribution is 6.32. The predicted octanol–water partition coefficient (Wildman–Crippen LogP) is 4.52. The molecule has 0 fully saturated rings. The summed E-state index contributed by atoms with van der Waals surface area (Å²) in [5.74, 6) is 0.570. The molecule has 0 atom stereocenters. The Bertz CT molecular complexity index is 1080. The number of anilines is 2. The molecule has 0 saturated carbocycles. The van der Waals surface area contributed by atoms with Gasteiger partial charge in [-0.1, -0.05) is 55.5 Å². The summed E-state index contributed by atoms with van der Waals surface area (Å²) in [6, 6.07) is 18.3. The molecule has 1 aromatic heterocycles. The Hall–Kier alpha value is -3.47. The fraction of sp³-hybridized carbons (Fsp3) is 0.208. The van der Waals surface area contributed by atoms with Crippen LogP contribution in [0.3, 0.4) is 0 Å². The van der Waals surface area contributed by atoms with Gasteiger partial charge in [0.2, 0.25) is 5.95 Å². The molecular weight excluding hydrogens is 358 g/mol. The summed E-state index contributed by atoms with van der Waals surface area (Å²) in [6.45, 7) is 2.14. The van der Waals surface area contributed by atoms with Crippen LogP contribution in [0.1, 0.15) is 35.7 Å². The van der Waals surface area contributed by atoms with E-state index in [4.69, 9.17) is 10.7 Å². The second-order valence-corrected chi connectivity index (χ2v) is 7.04. The lowest BCUT2D eigenvalue weighted by molar-refractivity contribution is 0.880. The lowest BCUT2D eigenvalue weighted by Crippen LogP contribution is -2.20. The van der Waals surface area contributed by atoms with E-state index >= 15 is 0 Å². The van der Waals surface area contributed by atoms with E-state index in [1.54, 1.807) is 7.05 Å². The molecule has 146 valence electrons. The van der Waals surface area contributed by atoms with Crippen LogP contribution in [0.4, 0.5) is 11.6 Å². The maximum absolute atomic E-state index is 6.47. The molecule has 0 saturated heterocycles. The van der Waals surface area contributed by atoms with Crippen molar-refractivity contribution in [3.8, 4) is 0 Å². The van der Waals surface area contributed by atoms with Crippen LogP contribution in [0.15, 0.2) is 71.5 Å². The van der Waals surface area contributed by atoms with Crippen molar-refractivity contribution in [2.24, 2.45) is 10.7 Å². The summed E-state index contributed by atoms with van der Waals surface area (Å²) < 4.78 is 0. The Kier molecular flexibility index (Phi) is 5.38. The molecule has 0 aliphatic heterocycles. The molecule has 5 nitrogen and oxygen atoms in total. The van der Waals surface area contributed by atoms with Crippen LogP contribution in [0.25, 0.3) is 5.57 Å². The van der Waals surface area contributed by atoms with Crippen LogP contribution in [-0.4, -0.2) is 22.7 Å². The van der Waals surface area contributed by atoms with E-state index in [9.17, 15) is 0 Å². The lowest BCUT2D eigenvalue weighted by atomic mass is 9.88. The van der Waals surface area contributed by atoms with Crippen molar-refractivity contribution in [3.63, 3.8) is 0 Å². The van der Waals surface area contributed by atoms with Gasteiger partial charge in [0.15, 0.2) is 0 Å². The second-order valence-electron chi connectivity index (χ2n) is 7.04. The fourth-order valence-electron chi connectivity index (χ4n) is 3.73. The molecule has 5 heteroatoms. The van der Waals surface area contributed by atoms with Gasteiger partial charge in [0, 0.05) is 35.8 Å². The predicted molar refractivity (Wildman–Crippen MR) is 119 cm³/mol. The minimum Gasteiger partial charge on any atom is -0.401 e. The van der Waals surface area contributed by atoms with Crippen molar-refractivity contribution in [1.82, 2.24) is 9.97 Å². The van der Waals surface area contributed by atoms with E-state index in [1.165, 1.54) is 5.56 Å². The van der Waals surface area contributed by atoms with Gasteiger partial charge in [-0.05, 0) is 36.5 Å². The molecule has 0 radical (unpaired) electrons. The number of allylic oxidation sites excluding steroid dienone is 2. The number of aryl methyl sites for hydroxylation is 2. The van der Waals surface area contributed by atoms with Crippen molar-refractivity contribution in [2.75, 3.05) is 12.4 Å². The van der Waals surface area contributed by atoms with Gasteiger partial charge in [-0.2, -0.15) is 0 Å². The van der Waals surface area contributed by atoms with E-state index in [0.29, 0.717) is 5.95 Å². The minimum absolute atomic E-state index is 0.570. The molecule has 3 aromatic rings. The molecule has 0 spiro atoms. The SMILES string of the molecule is CCc1ccccc1Nc1ncc2c(n1)C(C(=NC)c1ccccc1)=C(N)CC2. The second kappa shape index (κ2) is 8.27. The first kappa shape index (κ1) is 18.9. The number of aliphatic imine (C=N–C) groups is 1. The van der Waals surface area contributed by atoms with Crippen LogP contribution >= 0.6 is 0 Å². The Morgan fingerprint density at radius 1 is 1.07 bits per heavy atom. The minimum atomic E-state index is 0.570. The summed E-state index contributed by atoms with van der Waals surface area (Å²) in [7, 11) is 1.80. The Labute approximate surface area is 171 Å². The number of nitrogens with two attached hydrogens (primary N) is 1. The molecule has 0 bridgehead atoms. The van der Waals surface area contributed by atoms with Crippen LogP contribution in [0, 0.1) is 0 Å². The topological polar surface area (TPSA) is 76.2 Å². The van der Waals surface area contributed by atoms with Gasteiger partial charge in [-0.3, -0.25) is 4.99 Å². The van der Waals surface area contributed by atoms with Gasteiger partial charge in [-0.25, -0.2) is 9.97 Å². The van der Waals surface area contributed by atoms with E-state index in [-0.39, 0.29) is 0 Å². The van der Waals surface area contributed by atoms with Crippen molar-refractivity contribution in [1.29, 1.82) is 0 Å². The van der Waals surface area contributed by atoms with Gasteiger partial charge in [0.25, 0.3) is 0 Å². The van der Waals surface area contributed by atoms with Gasteiger partial charge >= 0.3 is 0 Å². The Balaban J connectivity index is 1.77. The molecule has 29 heavy (non-hydrogen) atoms. The summed E-state index contributed by atoms with van der Waals surface area (Å²) in [5, 5.41) is 3.38. The van der Waals surface area contributed by atoms with E-state index in [2.05, 4.69) is 46.5 Å². The number of fused-ring (bicyclic) bond motifs is 1. The first-order valence-corrected chi connectivity index (χ1v) is 9.93. The number of aromatic nitrogens is 2. The number of hydrogen-bond donors (Lipinski definition) is 2. The molecule has 0 amide bonds. The molecule has 0 unspecified atom stereocenters. The van der Waals surface area contributed by atoms with Gasteiger partial charge in [-0.15, -0.1) is 0 Å². The van der Waals surface area contributed by atoms with Crippen LogP contribution < -0.4 is 11.1 Å². The van der Waals surface area contributed by atoms with E-state index in [1.807, 2.05) is 36.5 Å². The monoisotopic (exact) mass is 383 g/mol. The maximum Gasteiger partial charge on any atom is 0.227 e. The molecule has 2 aromatic carbocycles. The van der Waals surface area contributed by atoms with E-state index in [0.717, 1.165) is 58.8 Å². The van der Waals surface area contributed by atoms with E-state index < -0.39 is 0 Å². The average Bonchev–Trinajstić information content (AvgIpc) is 2.77. The zero-order valence-electron chi connectivity index (χ0n) is 16.8. The standard InChI is InChI=1S/C24H25N5/c1-3-16-9-7-8-12-20(16)28-24-27-15-18-13-14-19(25)21(23(18)29-24)22(26-2)17-10-5-4-6-11-17/h4-12,15H,3,13-14,25H2,1-2H3,(H,27,28,29). The smallest absolute Gasteiger partial charge is 0.227 e. The first-order chi connectivity index (χ1) is 14.2. The van der Waals surface area contributed by atoms with Crippen molar-refractivity contribution >= 4 is 22.9 Å². The normalized spacial score (nSPS) is 13.9. The van der Waals surface area contributed by atoms with Crippen molar-refractivity contribution in [3.05, 3.63) is 88.9 Å². The number of nitrogens with zero attached hydrogens (tertiary/aromatic N) is 3. The molecule has 1 aliphatic rings. The Morgan fingerprint density at radius 3 is 2.59 bits per heavy atom. The lowest BCUT2D eigenvalue weighted by Gasteiger charge is -2.22. The first-order valence-electron chi connectivity index (χ1n) is 9.93. The third kappa shape index (κ3) is 3.76. The molecular formula is C24H25N5. The summed E-state index contributed by atoms with van der Waals surface area (Å²) in [5.41, 5.74) is 14.3.